The Labute approximate surface area is 125 Å². The molecule has 3 nitrogen and oxygen atoms in total. The average molecular weight is 304 g/mol. The van der Waals surface area contributed by atoms with Gasteiger partial charge in [-0.25, -0.2) is 8.42 Å². The zero-order chi connectivity index (χ0) is 15.1. The molecule has 1 aliphatic carbocycles. The molecule has 0 aromatic rings. The SMILES string of the molecule is CCCNC(CCCS(=O)(=O)CC)C1(CC)CCCC1. The summed E-state index contributed by atoms with van der Waals surface area (Å²) >= 11 is 0. The summed E-state index contributed by atoms with van der Waals surface area (Å²) in [6.45, 7) is 7.28. The lowest BCUT2D eigenvalue weighted by atomic mass is 9.74. The molecule has 0 saturated heterocycles. The van der Waals surface area contributed by atoms with Gasteiger partial charge >= 0.3 is 0 Å². The highest BCUT2D eigenvalue weighted by Crippen LogP contribution is 2.45. The molecular formula is C16H33NO2S. The summed E-state index contributed by atoms with van der Waals surface area (Å²) < 4.78 is 23.3. The summed E-state index contributed by atoms with van der Waals surface area (Å²) in [7, 11) is -2.81. The van der Waals surface area contributed by atoms with Crippen molar-refractivity contribution in [2.24, 2.45) is 5.41 Å². The zero-order valence-electron chi connectivity index (χ0n) is 13.6. The van der Waals surface area contributed by atoms with E-state index in [1.807, 2.05) is 0 Å². The van der Waals surface area contributed by atoms with Crippen LogP contribution in [0.2, 0.25) is 0 Å². The average Bonchev–Trinajstić information content (AvgIpc) is 2.92. The molecule has 1 rings (SSSR count). The third-order valence-electron chi connectivity index (χ3n) is 5.07. The largest absolute Gasteiger partial charge is 0.313 e. The quantitative estimate of drug-likeness (QED) is 0.671. The maximum absolute atomic E-state index is 11.6. The molecule has 1 unspecified atom stereocenters. The molecule has 1 atom stereocenters. The van der Waals surface area contributed by atoms with E-state index in [-0.39, 0.29) is 5.75 Å². The molecule has 0 amide bonds. The minimum Gasteiger partial charge on any atom is -0.313 e. The van der Waals surface area contributed by atoms with Gasteiger partial charge in [0.15, 0.2) is 0 Å². The highest BCUT2D eigenvalue weighted by Gasteiger charge is 2.38. The fraction of sp³-hybridized carbons (Fsp3) is 1.00. The van der Waals surface area contributed by atoms with Gasteiger partial charge in [0.25, 0.3) is 0 Å². The Morgan fingerprint density at radius 3 is 2.30 bits per heavy atom. The van der Waals surface area contributed by atoms with Crippen LogP contribution in [0.15, 0.2) is 0 Å². The van der Waals surface area contributed by atoms with Gasteiger partial charge in [-0.1, -0.05) is 33.6 Å². The Bertz CT molecular complexity index is 359. The number of rotatable bonds is 10. The smallest absolute Gasteiger partial charge is 0.150 e. The van der Waals surface area contributed by atoms with Crippen LogP contribution < -0.4 is 5.32 Å². The van der Waals surface area contributed by atoms with Crippen molar-refractivity contribution in [3.8, 4) is 0 Å². The van der Waals surface area contributed by atoms with Crippen LogP contribution in [0, 0.1) is 5.41 Å². The second-order valence-electron chi connectivity index (χ2n) is 6.31. The molecule has 120 valence electrons. The van der Waals surface area contributed by atoms with E-state index < -0.39 is 9.84 Å². The van der Waals surface area contributed by atoms with E-state index in [1.165, 1.54) is 32.1 Å². The van der Waals surface area contributed by atoms with Crippen molar-refractivity contribution >= 4 is 9.84 Å². The molecule has 1 N–H and O–H groups in total. The third kappa shape index (κ3) is 5.03. The lowest BCUT2D eigenvalue weighted by Crippen LogP contribution is -2.44. The van der Waals surface area contributed by atoms with E-state index in [4.69, 9.17) is 0 Å². The van der Waals surface area contributed by atoms with Crippen molar-refractivity contribution in [2.45, 2.75) is 78.2 Å². The van der Waals surface area contributed by atoms with Crippen LogP contribution in [0.5, 0.6) is 0 Å². The van der Waals surface area contributed by atoms with E-state index in [9.17, 15) is 8.42 Å². The summed E-state index contributed by atoms with van der Waals surface area (Å²) in [5.41, 5.74) is 0.422. The van der Waals surface area contributed by atoms with Crippen LogP contribution in [-0.4, -0.2) is 32.5 Å². The molecule has 0 bridgehead atoms. The van der Waals surface area contributed by atoms with Crippen LogP contribution in [0.4, 0.5) is 0 Å². The summed E-state index contributed by atoms with van der Waals surface area (Å²) in [6.07, 6.45) is 9.47. The number of hydrogen-bond donors (Lipinski definition) is 1. The Morgan fingerprint density at radius 2 is 1.80 bits per heavy atom. The highest BCUT2D eigenvalue weighted by molar-refractivity contribution is 7.91. The zero-order valence-corrected chi connectivity index (χ0v) is 14.4. The molecule has 0 radical (unpaired) electrons. The van der Waals surface area contributed by atoms with E-state index in [1.54, 1.807) is 6.92 Å². The topological polar surface area (TPSA) is 46.2 Å². The molecule has 0 aliphatic heterocycles. The fourth-order valence-corrected chi connectivity index (χ4v) is 4.52. The summed E-state index contributed by atoms with van der Waals surface area (Å²) in [6, 6.07) is 0.502. The first-order chi connectivity index (χ1) is 9.49. The van der Waals surface area contributed by atoms with Gasteiger partial charge in [-0.2, -0.15) is 0 Å². The lowest BCUT2D eigenvalue weighted by Gasteiger charge is -2.38. The first-order valence-electron chi connectivity index (χ1n) is 8.43. The maximum atomic E-state index is 11.6. The predicted octanol–water partition coefficient (Wildman–Crippen LogP) is 3.54. The monoisotopic (exact) mass is 303 g/mol. The van der Waals surface area contributed by atoms with Crippen LogP contribution in [0.3, 0.4) is 0 Å². The van der Waals surface area contributed by atoms with Crippen LogP contribution in [0.25, 0.3) is 0 Å². The van der Waals surface area contributed by atoms with Crippen molar-refractivity contribution in [1.82, 2.24) is 5.32 Å². The third-order valence-corrected chi connectivity index (χ3v) is 6.86. The number of sulfone groups is 1. The molecule has 4 heteroatoms. The van der Waals surface area contributed by atoms with Gasteiger partial charge in [0.05, 0.1) is 5.75 Å². The second kappa shape index (κ2) is 8.38. The standard InChI is InChI=1S/C16H33NO2S/c1-4-13-17-15(10-9-14-20(18,19)6-3)16(5-2)11-7-8-12-16/h15,17H,4-14H2,1-3H3. The van der Waals surface area contributed by atoms with Crippen molar-refractivity contribution < 1.29 is 8.42 Å². The second-order valence-corrected chi connectivity index (χ2v) is 8.78. The Balaban J connectivity index is 2.59. The molecule has 1 aliphatic rings. The number of nitrogens with one attached hydrogen (secondary N) is 1. The van der Waals surface area contributed by atoms with Crippen molar-refractivity contribution in [3.05, 3.63) is 0 Å². The maximum Gasteiger partial charge on any atom is 0.150 e. The summed E-state index contributed by atoms with van der Waals surface area (Å²) in [5.74, 6) is 0.632. The van der Waals surface area contributed by atoms with Gasteiger partial charge in [0, 0.05) is 11.8 Å². The minimum atomic E-state index is -2.81. The van der Waals surface area contributed by atoms with E-state index >= 15 is 0 Å². The normalized spacial score (nSPS) is 20.1. The van der Waals surface area contributed by atoms with E-state index in [0.29, 0.717) is 17.2 Å². The molecule has 0 heterocycles. The molecule has 0 aromatic carbocycles. The Kier molecular flexibility index (Phi) is 7.52. The van der Waals surface area contributed by atoms with Gasteiger partial charge in [0.2, 0.25) is 0 Å². The predicted molar refractivity (Wildman–Crippen MR) is 86.8 cm³/mol. The van der Waals surface area contributed by atoms with Gasteiger partial charge < -0.3 is 5.32 Å². The highest BCUT2D eigenvalue weighted by atomic mass is 32.2. The summed E-state index contributed by atoms with van der Waals surface area (Å²) in [4.78, 5) is 0. The number of hydrogen-bond acceptors (Lipinski definition) is 3. The molecular weight excluding hydrogens is 270 g/mol. The summed E-state index contributed by atoms with van der Waals surface area (Å²) in [5, 5.41) is 3.71. The fourth-order valence-electron chi connectivity index (χ4n) is 3.62. The van der Waals surface area contributed by atoms with E-state index in [2.05, 4.69) is 19.2 Å². The molecule has 0 spiro atoms. The van der Waals surface area contributed by atoms with Crippen molar-refractivity contribution in [1.29, 1.82) is 0 Å². The molecule has 1 fully saturated rings. The minimum absolute atomic E-state index is 0.277. The molecule has 20 heavy (non-hydrogen) atoms. The van der Waals surface area contributed by atoms with Crippen molar-refractivity contribution in [3.63, 3.8) is 0 Å². The molecule has 0 aromatic heterocycles. The van der Waals surface area contributed by atoms with Gasteiger partial charge in [-0.15, -0.1) is 0 Å². The van der Waals surface area contributed by atoms with Crippen molar-refractivity contribution in [2.75, 3.05) is 18.1 Å². The van der Waals surface area contributed by atoms with Crippen LogP contribution in [-0.2, 0) is 9.84 Å². The van der Waals surface area contributed by atoms with E-state index in [0.717, 1.165) is 25.8 Å². The first kappa shape index (κ1) is 18.0. The lowest BCUT2D eigenvalue weighted by molar-refractivity contribution is 0.176. The van der Waals surface area contributed by atoms with Gasteiger partial charge in [-0.3, -0.25) is 0 Å². The van der Waals surface area contributed by atoms with Gasteiger partial charge in [0.1, 0.15) is 9.84 Å². The van der Waals surface area contributed by atoms with Crippen LogP contribution in [0.1, 0.15) is 72.1 Å². The Hall–Kier alpha value is -0.0900. The first-order valence-corrected chi connectivity index (χ1v) is 10.3. The molecule has 1 saturated carbocycles. The Morgan fingerprint density at radius 1 is 1.15 bits per heavy atom. The van der Waals surface area contributed by atoms with Gasteiger partial charge in [-0.05, 0) is 50.5 Å². The van der Waals surface area contributed by atoms with Crippen LogP contribution >= 0.6 is 0 Å².